The molecule has 8 heavy (non-hydrogen) atoms. The van der Waals surface area contributed by atoms with Crippen LogP contribution in [0.15, 0.2) is 0 Å². The highest BCUT2D eigenvalue weighted by molar-refractivity contribution is 7.98. The minimum absolute atomic E-state index is 0.0394. The number of hydrogen-bond acceptors (Lipinski definition) is 2. The molecule has 0 saturated heterocycles. The van der Waals surface area contributed by atoms with Crippen molar-refractivity contribution in [3.8, 4) is 12.3 Å². The van der Waals surface area contributed by atoms with Crippen LogP contribution in [0.5, 0.6) is 0 Å². The summed E-state index contributed by atoms with van der Waals surface area (Å²) in [6, 6.07) is -0.0394. The van der Waals surface area contributed by atoms with E-state index in [1.165, 1.54) is 0 Å². The summed E-state index contributed by atoms with van der Waals surface area (Å²) < 4.78 is 0. The zero-order valence-corrected chi connectivity index (χ0v) is 5.87. The van der Waals surface area contributed by atoms with Crippen LogP contribution in [0.25, 0.3) is 0 Å². The molecule has 2 heteroatoms. The van der Waals surface area contributed by atoms with Crippen LogP contribution in [0.2, 0.25) is 0 Å². The summed E-state index contributed by atoms with van der Waals surface area (Å²) in [6.45, 7) is 0. The van der Waals surface area contributed by atoms with Gasteiger partial charge in [-0.15, -0.1) is 6.42 Å². The Morgan fingerprint density at radius 3 is 2.88 bits per heavy atom. The lowest BCUT2D eigenvalue weighted by molar-refractivity contribution is 0.816. The Balaban J connectivity index is 3.02. The molecule has 0 aromatic carbocycles. The highest BCUT2D eigenvalue weighted by Gasteiger charge is 1.92. The van der Waals surface area contributed by atoms with Gasteiger partial charge in [0.2, 0.25) is 0 Å². The molecule has 0 aromatic rings. The molecular formula is C6H11NS. The second kappa shape index (κ2) is 5.02. The topological polar surface area (TPSA) is 26.0 Å². The number of rotatable bonds is 3. The van der Waals surface area contributed by atoms with Crippen molar-refractivity contribution in [2.75, 3.05) is 12.0 Å². The van der Waals surface area contributed by atoms with Crippen LogP contribution in [0, 0.1) is 12.3 Å². The zero-order chi connectivity index (χ0) is 6.41. The van der Waals surface area contributed by atoms with Crippen molar-refractivity contribution in [2.24, 2.45) is 5.73 Å². The molecule has 2 N–H and O–H groups in total. The second-order valence-electron chi connectivity index (χ2n) is 1.55. The highest BCUT2D eigenvalue weighted by atomic mass is 32.2. The summed E-state index contributed by atoms with van der Waals surface area (Å²) in [5.41, 5.74) is 5.41. The molecule has 0 radical (unpaired) electrons. The Morgan fingerprint density at radius 2 is 2.50 bits per heavy atom. The van der Waals surface area contributed by atoms with E-state index < -0.39 is 0 Å². The maximum Gasteiger partial charge on any atom is 0.0669 e. The molecule has 0 rings (SSSR count). The average molecular weight is 129 g/mol. The van der Waals surface area contributed by atoms with Crippen molar-refractivity contribution in [3.05, 3.63) is 0 Å². The molecule has 0 spiro atoms. The van der Waals surface area contributed by atoms with Gasteiger partial charge >= 0.3 is 0 Å². The summed E-state index contributed by atoms with van der Waals surface area (Å²) in [5, 5.41) is 0. The molecule has 0 aliphatic heterocycles. The Bertz CT molecular complexity index is 85.0. The highest BCUT2D eigenvalue weighted by Crippen LogP contribution is 1.96. The summed E-state index contributed by atoms with van der Waals surface area (Å²) in [4.78, 5) is 0. The van der Waals surface area contributed by atoms with Crippen molar-refractivity contribution in [1.29, 1.82) is 0 Å². The third kappa shape index (κ3) is 4.04. The lowest BCUT2D eigenvalue weighted by Gasteiger charge is -1.98. The molecule has 0 aliphatic rings. The minimum Gasteiger partial charge on any atom is -0.318 e. The van der Waals surface area contributed by atoms with Gasteiger partial charge in [0, 0.05) is 0 Å². The van der Waals surface area contributed by atoms with E-state index in [0.717, 1.165) is 12.2 Å². The van der Waals surface area contributed by atoms with E-state index in [2.05, 4.69) is 5.92 Å². The second-order valence-corrected chi connectivity index (χ2v) is 2.54. The van der Waals surface area contributed by atoms with Crippen LogP contribution in [0.1, 0.15) is 6.42 Å². The van der Waals surface area contributed by atoms with Crippen LogP contribution >= 0.6 is 11.8 Å². The van der Waals surface area contributed by atoms with Crippen LogP contribution in [0.4, 0.5) is 0 Å². The van der Waals surface area contributed by atoms with E-state index in [0.29, 0.717) is 0 Å². The van der Waals surface area contributed by atoms with Crippen molar-refractivity contribution >= 4 is 11.8 Å². The van der Waals surface area contributed by atoms with Gasteiger partial charge in [0.05, 0.1) is 6.04 Å². The summed E-state index contributed by atoms with van der Waals surface area (Å²) >= 11 is 1.77. The van der Waals surface area contributed by atoms with E-state index in [1.807, 2.05) is 6.26 Å². The largest absolute Gasteiger partial charge is 0.318 e. The predicted octanol–water partition coefficient (Wildman–Crippen LogP) is 0.700. The normalized spacial score (nSPS) is 12.6. The van der Waals surface area contributed by atoms with Gasteiger partial charge in [-0.3, -0.25) is 0 Å². The molecule has 0 unspecified atom stereocenters. The van der Waals surface area contributed by atoms with Gasteiger partial charge in [-0.2, -0.15) is 11.8 Å². The molecule has 0 aliphatic carbocycles. The third-order valence-electron chi connectivity index (χ3n) is 0.847. The maximum absolute atomic E-state index is 5.41. The first kappa shape index (κ1) is 7.87. The van der Waals surface area contributed by atoms with Gasteiger partial charge in [0.15, 0.2) is 0 Å². The molecule has 46 valence electrons. The first-order chi connectivity index (χ1) is 3.81. The third-order valence-corrected chi connectivity index (χ3v) is 1.49. The monoisotopic (exact) mass is 129 g/mol. The Kier molecular flexibility index (Phi) is 4.93. The first-order valence-corrected chi connectivity index (χ1v) is 3.91. The molecule has 1 atom stereocenters. The van der Waals surface area contributed by atoms with E-state index in [9.17, 15) is 0 Å². The van der Waals surface area contributed by atoms with E-state index in [1.54, 1.807) is 11.8 Å². The molecular weight excluding hydrogens is 118 g/mol. The van der Waals surface area contributed by atoms with Gasteiger partial charge in [-0.1, -0.05) is 5.92 Å². The smallest absolute Gasteiger partial charge is 0.0669 e. The van der Waals surface area contributed by atoms with Crippen LogP contribution in [-0.2, 0) is 0 Å². The first-order valence-electron chi connectivity index (χ1n) is 2.52. The molecule has 0 fully saturated rings. The average Bonchev–Trinajstić information content (AvgIpc) is 1.83. The lowest BCUT2D eigenvalue weighted by Crippen LogP contribution is -2.17. The SMILES string of the molecule is C#C[C@@H](N)CCSC. The fourth-order valence-electron chi connectivity index (χ4n) is 0.328. The van der Waals surface area contributed by atoms with Crippen molar-refractivity contribution in [1.82, 2.24) is 0 Å². The molecule has 0 heterocycles. The fraction of sp³-hybridized carbons (Fsp3) is 0.667. The number of terminal acetylenes is 1. The predicted molar refractivity (Wildman–Crippen MR) is 39.8 cm³/mol. The van der Waals surface area contributed by atoms with Crippen LogP contribution in [-0.4, -0.2) is 18.1 Å². The van der Waals surface area contributed by atoms with Crippen LogP contribution < -0.4 is 5.73 Å². The number of thioether (sulfide) groups is 1. The van der Waals surface area contributed by atoms with E-state index in [4.69, 9.17) is 12.2 Å². The zero-order valence-electron chi connectivity index (χ0n) is 5.05. The van der Waals surface area contributed by atoms with E-state index in [-0.39, 0.29) is 6.04 Å². The van der Waals surface area contributed by atoms with E-state index >= 15 is 0 Å². The summed E-state index contributed by atoms with van der Waals surface area (Å²) in [5.74, 6) is 3.53. The molecule has 0 bridgehead atoms. The van der Waals surface area contributed by atoms with Gasteiger partial charge in [-0.05, 0) is 18.4 Å². The molecule has 1 nitrogen and oxygen atoms in total. The molecule has 0 aromatic heterocycles. The molecule has 0 amide bonds. The number of nitrogens with two attached hydrogens (primary N) is 1. The van der Waals surface area contributed by atoms with Gasteiger partial charge in [0.25, 0.3) is 0 Å². The van der Waals surface area contributed by atoms with Crippen molar-refractivity contribution < 1.29 is 0 Å². The maximum atomic E-state index is 5.41. The van der Waals surface area contributed by atoms with Crippen molar-refractivity contribution in [2.45, 2.75) is 12.5 Å². The lowest BCUT2D eigenvalue weighted by atomic mass is 10.3. The van der Waals surface area contributed by atoms with Gasteiger partial charge in [-0.25, -0.2) is 0 Å². The quantitative estimate of drug-likeness (QED) is 0.568. The minimum atomic E-state index is -0.0394. The fourth-order valence-corrected chi connectivity index (χ4v) is 0.818. The summed E-state index contributed by atoms with van der Waals surface area (Å²) in [7, 11) is 0. The van der Waals surface area contributed by atoms with Crippen LogP contribution in [0.3, 0.4) is 0 Å². The van der Waals surface area contributed by atoms with Gasteiger partial charge in [0.1, 0.15) is 0 Å². The Labute approximate surface area is 55.0 Å². The van der Waals surface area contributed by atoms with Crippen molar-refractivity contribution in [3.63, 3.8) is 0 Å². The number of hydrogen-bond donors (Lipinski definition) is 1. The Morgan fingerprint density at radius 1 is 1.88 bits per heavy atom. The standard InChI is InChI=1S/C6H11NS/c1-3-6(7)4-5-8-2/h1,6H,4-5,7H2,2H3/t6-/m1/s1. The Hall–Kier alpha value is -0.130. The van der Waals surface area contributed by atoms with Gasteiger partial charge < -0.3 is 5.73 Å². The molecule has 0 saturated carbocycles. The summed E-state index contributed by atoms with van der Waals surface area (Å²) in [6.07, 6.45) is 8.00.